The summed E-state index contributed by atoms with van der Waals surface area (Å²) in [5, 5.41) is 20.0. The van der Waals surface area contributed by atoms with Gasteiger partial charge in [-0.05, 0) is 45.4 Å². The highest BCUT2D eigenvalue weighted by Gasteiger charge is 2.32. The van der Waals surface area contributed by atoms with Gasteiger partial charge in [0.2, 0.25) is 0 Å². The van der Waals surface area contributed by atoms with Crippen molar-refractivity contribution < 1.29 is 19.7 Å². The highest BCUT2D eigenvalue weighted by atomic mass is 16.5. The molecule has 8 heteroatoms. The third-order valence-corrected chi connectivity index (χ3v) is 6.72. The Morgan fingerprint density at radius 3 is 1.74 bits per heavy atom. The molecule has 8 nitrogen and oxygen atoms in total. The summed E-state index contributed by atoms with van der Waals surface area (Å²) in [6.45, 7) is 7.44. The molecule has 2 aromatic heterocycles. The molecule has 2 aliphatic rings. The van der Waals surface area contributed by atoms with Crippen LogP contribution in [0.5, 0.6) is 23.5 Å². The van der Waals surface area contributed by atoms with Gasteiger partial charge >= 0.3 is 0 Å². The van der Waals surface area contributed by atoms with Gasteiger partial charge in [-0.3, -0.25) is 9.13 Å². The van der Waals surface area contributed by atoms with Crippen molar-refractivity contribution >= 4 is 0 Å². The first-order valence-electron chi connectivity index (χ1n) is 11.3. The monoisotopic (exact) mass is 458 g/mol. The van der Waals surface area contributed by atoms with Crippen LogP contribution in [0.25, 0.3) is 11.1 Å². The van der Waals surface area contributed by atoms with E-state index in [0.29, 0.717) is 25.0 Å². The molecule has 0 radical (unpaired) electrons. The standard InChI is InChI=1S/C26H26N4O4/c1-26(2,3)19-6-4-15(5-7-19)16-8-17(20-11-33-24-22(31)27-13-29(20)24)10-18(9-16)21-12-34-25-23(32)28-14-30(21)25/h4-10,13-14,20-21,31-32H,11-12H2,1-3H3. The Hall–Kier alpha value is -3.94. The minimum atomic E-state index is -0.117. The molecule has 0 spiro atoms. The van der Waals surface area contributed by atoms with Gasteiger partial charge in [-0.25, -0.2) is 0 Å². The van der Waals surface area contributed by atoms with E-state index < -0.39 is 0 Å². The summed E-state index contributed by atoms with van der Waals surface area (Å²) >= 11 is 0. The summed E-state index contributed by atoms with van der Waals surface area (Å²) in [4.78, 5) is 7.99. The average Bonchev–Trinajstić information content (AvgIpc) is 3.58. The molecule has 2 aliphatic heterocycles. The lowest BCUT2D eigenvalue weighted by Gasteiger charge is -2.20. The predicted molar refractivity (Wildman–Crippen MR) is 126 cm³/mol. The lowest BCUT2D eigenvalue weighted by molar-refractivity contribution is 0.317. The summed E-state index contributed by atoms with van der Waals surface area (Å²) in [6.07, 6.45) is 3.22. The zero-order chi connectivity index (χ0) is 23.6. The lowest BCUT2D eigenvalue weighted by Crippen LogP contribution is -2.13. The molecule has 4 heterocycles. The second kappa shape index (κ2) is 7.28. The van der Waals surface area contributed by atoms with Crippen LogP contribution in [0, 0.1) is 0 Å². The van der Waals surface area contributed by atoms with Gasteiger partial charge in [0.1, 0.15) is 25.9 Å². The van der Waals surface area contributed by atoms with E-state index >= 15 is 0 Å². The van der Waals surface area contributed by atoms with Crippen LogP contribution in [-0.4, -0.2) is 42.5 Å². The Morgan fingerprint density at radius 1 is 0.765 bits per heavy atom. The largest absolute Gasteiger partial charge is 0.489 e. The molecule has 2 N–H and O–H groups in total. The zero-order valence-corrected chi connectivity index (χ0v) is 19.3. The van der Waals surface area contributed by atoms with E-state index in [1.165, 1.54) is 5.56 Å². The second-order valence-electron chi connectivity index (χ2n) is 9.93. The molecular weight excluding hydrogens is 432 g/mol. The van der Waals surface area contributed by atoms with Crippen molar-refractivity contribution in [3.63, 3.8) is 0 Å². The number of aromatic hydroxyl groups is 2. The fourth-order valence-electron chi connectivity index (χ4n) is 4.78. The third-order valence-electron chi connectivity index (χ3n) is 6.72. The molecule has 2 unspecified atom stereocenters. The molecule has 0 fully saturated rings. The van der Waals surface area contributed by atoms with Crippen LogP contribution in [0.1, 0.15) is 49.5 Å². The number of ether oxygens (including phenoxy) is 2. The van der Waals surface area contributed by atoms with Gasteiger partial charge in [0, 0.05) is 0 Å². The quantitative estimate of drug-likeness (QED) is 0.472. The van der Waals surface area contributed by atoms with Gasteiger partial charge in [0.05, 0.1) is 12.1 Å². The van der Waals surface area contributed by atoms with Crippen molar-refractivity contribution in [2.45, 2.75) is 38.3 Å². The van der Waals surface area contributed by atoms with Crippen LogP contribution < -0.4 is 9.47 Å². The molecule has 0 saturated heterocycles. The highest BCUT2D eigenvalue weighted by molar-refractivity contribution is 5.66. The molecule has 4 aromatic rings. The van der Waals surface area contributed by atoms with Crippen molar-refractivity contribution in [2.75, 3.05) is 13.2 Å². The summed E-state index contributed by atoms with van der Waals surface area (Å²) in [7, 11) is 0. The van der Waals surface area contributed by atoms with Crippen LogP contribution >= 0.6 is 0 Å². The lowest BCUT2D eigenvalue weighted by atomic mass is 9.86. The van der Waals surface area contributed by atoms with E-state index in [1.54, 1.807) is 12.7 Å². The first kappa shape index (κ1) is 20.7. The minimum Gasteiger partial charge on any atom is -0.489 e. The van der Waals surface area contributed by atoms with Crippen LogP contribution in [-0.2, 0) is 5.41 Å². The van der Waals surface area contributed by atoms with Gasteiger partial charge in [-0.1, -0.05) is 51.1 Å². The first-order valence-corrected chi connectivity index (χ1v) is 11.3. The van der Waals surface area contributed by atoms with Crippen molar-refractivity contribution in [2.24, 2.45) is 0 Å². The van der Waals surface area contributed by atoms with Crippen LogP contribution in [0.3, 0.4) is 0 Å². The topological polar surface area (TPSA) is 94.6 Å². The zero-order valence-electron chi connectivity index (χ0n) is 19.3. The molecule has 0 aliphatic carbocycles. The van der Waals surface area contributed by atoms with E-state index in [-0.39, 0.29) is 29.3 Å². The molecule has 174 valence electrons. The predicted octanol–water partition coefficient (Wildman–Crippen LogP) is 4.42. The number of hydrogen-bond donors (Lipinski definition) is 2. The summed E-state index contributed by atoms with van der Waals surface area (Å²) in [5.41, 5.74) is 5.62. The smallest absolute Gasteiger partial charge is 0.275 e. The molecule has 0 amide bonds. The number of nitrogens with zero attached hydrogens (tertiary/aromatic N) is 4. The van der Waals surface area contributed by atoms with Gasteiger partial charge in [-0.15, -0.1) is 0 Å². The summed E-state index contributed by atoms with van der Waals surface area (Å²) in [6, 6.07) is 14.9. The first-order chi connectivity index (χ1) is 16.3. The van der Waals surface area contributed by atoms with Crippen LogP contribution in [0.4, 0.5) is 0 Å². The fourth-order valence-corrected chi connectivity index (χ4v) is 4.78. The average molecular weight is 459 g/mol. The van der Waals surface area contributed by atoms with Gasteiger partial charge < -0.3 is 19.7 Å². The molecule has 2 aromatic carbocycles. The SMILES string of the molecule is CC(C)(C)c1ccc(-c2cc(C3COc4c(O)ncn43)cc(C3COc4c(O)ncn43)c2)cc1. The third kappa shape index (κ3) is 3.21. The maximum atomic E-state index is 9.99. The van der Waals surface area contributed by atoms with Crippen LogP contribution in [0.15, 0.2) is 55.1 Å². The number of imidazole rings is 2. The van der Waals surface area contributed by atoms with Crippen molar-refractivity contribution in [3.8, 4) is 34.6 Å². The maximum absolute atomic E-state index is 9.99. The molecule has 0 saturated carbocycles. The summed E-state index contributed by atoms with van der Waals surface area (Å²) in [5.74, 6) is 0.578. The van der Waals surface area contributed by atoms with Crippen molar-refractivity contribution in [1.82, 2.24) is 19.1 Å². The van der Waals surface area contributed by atoms with E-state index in [1.807, 2.05) is 9.13 Å². The fraction of sp³-hybridized carbons (Fsp3) is 0.308. The van der Waals surface area contributed by atoms with Crippen molar-refractivity contribution in [3.05, 3.63) is 71.8 Å². The van der Waals surface area contributed by atoms with E-state index in [9.17, 15) is 10.2 Å². The van der Waals surface area contributed by atoms with E-state index in [4.69, 9.17) is 9.47 Å². The number of benzene rings is 2. The number of fused-ring (bicyclic) bond motifs is 2. The van der Waals surface area contributed by atoms with Gasteiger partial charge in [0.25, 0.3) is 23.5 Å². The second-order valence-corrected chi connectivity index (χ2v) is 9.93. The Bertz CT molecular complexity index is 1310. The number of rotatable bonds is 3. The van der Waals surface area contributed by atoms with Crippen molar-refractivity contribution in [1.29, 1.82) is 0 Å². The molecule has 6 rings (SSSR count). The maximum Gasteiger partial charge on any atom is 0.275 e. The van der Waals surface area contributed by atoms with Gasteiger partial charge in [-0.2, -0.15) is 9.97 Å². The Kier molecular flexibility index (Phi) is 4.42. The normalized spacial score (nSPS) is 18.9. The van der Waals surface area contributed by atoms with E-state index in [2.05, 4.69) is 73.2 Å². The molecule has 0 bridgehead atoms. The Balaban J connectivity index is 1.47. The number of hydrogen-bond acceptors (Lipinski definition) is 6. The van der Waals surface area contributed by atoms with E-state index in [0.717, 1.165) is 22.3 Å². The Morgan fingerprint density at radius 2 is 1.26 bits per heavy atom. The highest BCUT2D eigenvalue weighted by Crippen LogP contribution is 2.41. The molecule has 2 atom stereocenters. The van der Waals surface area contributed by atoms with Gasteiger partial charge in [0.15, 0.2) is 0 Å². The van der Waals surface area contributed by atoms with Crippen LogP contribution in [0.2, 0.25) is 0 Å². The molecule has 34 heavy (non-hydrogen) atoms. The molecular formula is C26H26N4O4. The Labute approximate surface area is 197 Å². The minimum absolute atomic E-state index is 0.0769. The number of aromatic nitrogens is 4. The summed E-state index contributed by atoms with van der Waals surface area (Å²) < 4.78 is 15.2.